The van der Waals surface area contributed by atoms with Crippen molar-refractivity contribution in [3.63, 3.8) is 0 Å². The van der Waals surface area contributed by atoms with E-state index in [-0.39, 0.29) is 6.04 Å². The minimum atomic E-state index is 0.224. The second-order valence-corrected chi connectivity index (χ2v) is 5.77. The summed E-state index contributed by atoms with van der Waals surface area (Å²) < 4.78 is 7.45. The van der Waals surface area contributed by atoms with Gasteiger partial charge in [-0.25, -0.2) is 14.6 Å². The van der Waals surface area contributed by atoms with E-state index in [9.17, 15) is 0 Å². The summed E-state index contributed by atoms with van der Waals surface area (Å²) in [7, 11) is 1.66. The molecule has 0 bridgehead atoms. The van der Waals surface area contributed by atoms with Gasteiger partial charge in [-0.15, -0.1) is 0 Å². The molecule has 1 aliphatic heterocycles. The summed E-state index contributed by atoms with van der Waals surface area (Å²) in [5, 5.41) is 8.96. The van der Waals surface area contributed by atoms with Crippen LogP contribution >= 0.6 is 0 Å². The third-order valence-corrected chi connectivity index (χ3v) is 4.32. The first-order valence-corrected chi connectivity index (χ1v) is 7.89. The molecule has 3 heterocycles. The van der Waals surface area contributed by atoms with Gasteiger partial charge in [0.15, 0.2) is 0 Å². The molecule has 2 aromatic heterocycles. The summed E-state index contributed by atoms with van der Waals surface area (Å²) in [6.45, 7) is 1.65. The number of nitrogens with one attached hydrogen (secondary N) is 1. The van der Waals surface area contributed by atoms with E-state index >= 15 is 0 Å². The molecule has 1 atom stereocenters. The predicted molar refractivity (Wildman–Crippen MR) is 87.1 cm³/mol. The van der Waals surface area contributed by atoms with E-state index in [0.29, 0.717) is 12.4 Å². The van der Waals surface area contributed by atoms with Gasteiger partial charge in [0, 0.05) is 24.0 Å². The van der Waals surface area contributed by atoms with Crippen LogP contribution in [0.2, 0.25) is 0 Å². The van der Waals surface area contributed by atoms with Gasteiger partial charge in [-0.05, 0) is 25.0 Å². The van der Waals surface area contributed by atoms with E-state index in [0.717, 1.165) is 41.7 Å². The van der Waals surface area contributed by atoms with Gasteiger partial charge in [-0.1, -0.05) is 18.2 Å². The number of hydrogen-bond donors (Lipinski definition) is 1. The lowest BCUT2D eigenvalue weighted by molar-refractivity contribution is 0.358. The zero-order valence-corrected chi connectivity index (χ0v) is 13.1. The molecule has 6 heteroatoms. The van der Waals surface area contributed by atoms with Crippen molar-refractivity contribution in [2.45, 2.75) is 32.0 Å². The molecule has 0 saturated heterocycles. The maximum atomic E-state index is 5.46. The Labute approximate surface area is 134 Å². The molecule has 1 aromatic carbocycles. The zero-order chi connectivity index (χ0) is 15.6. The highest BCUT2D eigenvalue weighted by Gasteiger charge is 2.22. The summed E-state index contributed by atoms with van der Waals surface area (Å²) in [6.07, 6.45) is 3.82. The highest BCUT2D eigenvalue weighted by Crippen LogP contribution is 2.25. The van der Waals surface area contributed by atoms with Crippen LogP contribution in [0.3, 0.4) is 0 Å². The average molecular weight is 309 g/mol. The smallest absolute Gasteiger partial charge is 0.218 e. The number of ether oxygens (including phenoxy) is 1. The van der Waals surface area contributed by atoms with Gasteiger partial charge in [0.05, 0.1) is 18.7 Å². The molecule has 118 valence electrons. The van der Waals surface area contributed by atoms with E-state index in [1.807, 2.05) is 22.9 Å². The third-order valence-electron chi connectivity index (χ3n) is 4.32. The van der Waals surface area contributed by atoms with Gasteiger partial charge in [-0.3, -0.25) is 0 Å². The predicted octanol–water partition coefficient (Wildman–Crippen LogP) is 2.46. The first kappa shape index (κ1) is 14.1. The molecule has 0 spiro atoms. The number of benzene rings is 1. The van der Waals surface area contributed by atoms with Crippen LogP contribution in [0.1, 0.15) is 30.3 Å². The number of rotatable bonds is 4. The number of fused-ring (bicyclic) bond motifs is 2. The maximum Gasteiger partial charge on any atom is 0.218 e. The second-order valence-electron chi connectivity index (χ2n) is 5.77. The van der Waals surface area contributed by atoms with Crippen molar-refractivity contribution in [1.29, 1.82) is 0 Å². The van der Waals surface area contributed by atoms with E-state index < -0.39 is 0 Å². The Hall–Kier alpha value is -2.47. The minimum Gasteiger partial charge on any atom is -0.481 e. The first-order valence-electron chi connectivity index (χ1n) is 7.89. The van der Waals surface area contributed by atoms with Crippen LogP contribution in [0.5, 0.6) is 5.88 Å². The zero-order valence-electron chi connectivity index (χ0n) is 13.1. The van der Waals surface area contributed by atoms with Gasteiger partial charge in [0.1, 0.15) is 12.2 Å². The summed E-state index contributed by atoms with van der Waals surface area (Å²) in [5.74, 6) is 1.69. The van der Waals surface area contributed by atoms with Crippen molar-refractivity contribution in [2.24, 2.45) is 0 Å². The molecule has 0 aliphatic carbocycles. The quantitative estimate of drug-likeness (QED) is 0.802. The van der Waals surface area contributed by atoms with Crippen molar-refractivity contribution in [1.82, 2.24) is 25.1 Å². The summed E-state index contributed by atoms with van der Waals surface area (Å²) in [5.41, 5.74) is 2.01. The van der Waals surface area contributed by atoms with Gasteiger partial charge in [0.25, 0.3) is 0 Å². The lowest BCUT2D eigenvalue weighted by Crippen LogP contribution is -2.28. The van der Waals surface area contributed by atoms with Gasteiger partial charge < -0.3 is 10.1 Å². The average Bonchev–Trinajstić information content (AvgIpc) is 3.08. The second kappa shape index (κ2) is 5.96. The molecular formula is C17H19N5O. The highest BCUT2D eigenvalue weighted by atomic mass is 16.5. The lowest BCUT2D eigenvalue weighted by atomic mass is 10.1. The number of aromatic nitrogens is 4. The van der Waals surface area contributed by atoms with E-state index in [1.54, 1.807) is 13.4 Å². The molecule has 0 fully saturated rings. The minimum absolute atomic E-state index is 0.224. The molecule has 0 saturated carbocycles. The third kappa shape index (κ3) is 2.66. The Morgan fingerprint density at radius 1 is 1.35 bits per heavy atom. The van der Waals surface area contributed by atoms with E-state index in [1.165, 1.54) is 0 Å². The normalized spacial score (nSPS) is 17.2. The SMILES string of the molecule is COc1nc2ccccc2cc1CN[C@H]1CCCn2ncnc21. The molecule has 0 amide bonds. The van der Waals surface area contributed by atoms with Crippen LogP contribution in [-0.4, -0.2) is 26.9 Å². The molecule has 6 nitrogen and oxygen atoms in total. The van der Waals surface area contributed by atoms with E-state index in [4.69, 9.17) is 4.74 Å². The van der Waals surface area contributed by atoms with Crippen molar-refractivity contribution >= 4 is 10.9 Å². The maximum absolute atomic E-state index is 5.46. The Balaban J connectivity index is 1.59. The number of methoxy groups -OCH3 is 1. The molecule has 1 aliphatic rings. The molecule has 0 radical (unpaired) electrons. The lowest BCUT2D eigenvalue weighted by Gasteiger charge is -2.23. The van der Waals surface area contributed by atoms with Crippen LogP contribution in [0.15, 0.2) is 36.7 Å². The fourth-order valence-electron chi connectivity index (χ4n) is 3.16. The van der Waals surface area contributed by atoms with Crippen LogP contribution in [-0.2, 0) is 13.1 Å². The van der Waals surface area contributed by atoms with Crippen LogP contribution in [0.25, 0.3) is 10.9 Å². The molecule has 0 unspecified atom stereocenters. The van der Waals surface area contributed by atoms with Gasteiger partial charge >= 0.3 is 0 Å². The Morgan fingerprint density at radius 3 is 3.17 bits per heavy atom. The van der Waals surface area contributed by atoms with Crippen LogP contribution < -0.4 is 10.1 Å². The van der Waals surface area contributed by atoms with Crippen molar-refractivity contribution in [2.75, 3.05) is 7.11 Å². The molecular weight excluding hydrogens is 290 g/mol. The van der Waals surface area contributed by atoms with Crippen molar-refractivity contribution in [3.05, 3.63) is 48.0 Å². The number of aryl methyl sites for hydroxylation is 1. The molecule has 3 aromatic rings. The van der Waals surface area contributed by atoms with Gasteiger partial charge in [0.2, 0.25) is 5.88 Å². The topological polar surface area (TPSA) is 64.9 Å². The largest absolute Gasteiger partial charge is 0.481 e. The molecule has 1 N–H and O–H groups in total. The Kier molecular flexibility index (Phi) is 3.67. The van der Waals surface area contributed by atoms with Crippen LogP contribution in [0.4, 0.5) is 0 Å². The van der Waals surface area contributed by atoms with E-state index in [2.05, 4.69) is 32.5 Å². The van der Waals surface area contributed by atoms with Crippen LogP contribution in [0, 0.1) is 0 Å². The van der Waals surface area contributed by atoms with Crippen molar-refractivity contribution in [3.8, 4) is 5.88 Å². The highest BCUT2D eigenvalue weighted by molar-refractivity contribution is 5.80. The Bertz CT molecular complexity index is 829. The Morgan fingerprint density at radius 2 is 2.26 bits per heavy atom. The first-order chi connectivity index (χ1) is 11.3. The van der Waals surface area contributed by atoms with Crippen molar-refractivity contribution < 1.29 is 4.74 Å². The number of para-hydroxylation sites is 1. The number of hydrogen-bond acceptors (Lipinski definition) is 5. The summed E-state index contributed by atoms with van der Waals surface area (Å²) in [6, 6.07) is 10.4. The standard InChI is InChI=1S/C17H19N5O/c1-23-17-13(9-12-5-2-3-6-14(12)21-17)10-18-15-7-4-8-22-16(15)19-11-20-22/h2-3,5-6,9,11,15,18H,4,7-8,10H2,1H3/t15-/m0/s1. The fourth-order valence-corrected chi connectivity index (χ4v) is 3.16. The summed E-state index contributed by atoms with van der Waals surface area (Å²) in [4.78, 5) is 8.98. The molecule has 4 rings (SSSR count). The number of pyridine rings is 1. The number of nitrogens with zero attached hydrogens (tertiary/aromatic N) is 4. The summed E-state index contributed by atoms with van der Waals surface area (Å²) >= 11 is 0. The molecule has 23 heavy (non-hydrogen) atoms. The van der Waals surface area contributed by atoms with Gasteiger partial charge in [-0.2, -0.15) is 5.10 Å². The fraction of sp³-hybridized carbons (Fsp3) is 0.353. The monoisotopic (exact) mass is 309 g/mol.